The molecule has 132 valence electrons. The van der Waals surface area contributed by atoms with E-state index in [1.807, 2.05) is 18.2 Å². The van der Waals surface area contributed by atoms with Gasteiger partial charge in [-0.25, -0.2) is 23.1 Å². The molecule has 0 aliphatic heterocycles. The molecule has 0 aliphatic rings. The molecule has 0 bridgehead atoms. The third-order valence-corrected chi connectivity index (χ3v) is 4.71. The minimum absolute atomic E-state index is 0.00901. The Morgan fingerprint density at radius 3 is 2.54 bits per heavy atom. The Balaban J connectivity index is 1.88. The van der Waals surface area contributed by atoms with E-state index in [0.29, 0.717) is 16.6 Å². The van der Waals surface area contributed by atoms with E-state index in [1.165, 1.54) is 9.08 Å². The lowest BCUT2D eigenvalue weighted by Crippen LogP contribution is -2.22. The second kappa shape index (κ2) is 6.36. The van der Waals surface area contributed by atoms with Crippen molar-refractivity contribution in [1.29, 1.82) is 0 Å². The maximum absolute atomic E-state index is 12.9. The molecule has 4 aromatic rings. The van der Waals surface area contributed by atoms with Crippen LogP contribution in [0.1, 0.15) is 11.1 Å². The molecular weight excluding hydrogens is 354 g/mol. The molecule has 0 saturated heterocycles. The van der Waals surface area contributed by atoms with Crippen LogP contribution in [-0.2, 0) is 23.4 Å². The molecule has 3 N–H and O–H groups in total. The van der Waals surface area contributed by atoms with E-state index in [2.05, 4.69) is 10.1 Å². The molecule has 8 nitrogen and oxygen atoms in total. The molecule has 4 rings (SSSR count). The highest BCUT2D eigenvalue weighted by molar-refractivity contribution is 7.78. The van der Waals surface area contributed by atoms with E-state index in [1.54, 1.807) is 30.3 Å². The van der Waals surface area contributed by atoms with Crippen LogP contribution in [0, 0.1) is 0 Å². The normalized spacial score (nSPS) is 12.7. The van der Waals surface area contributed by atoms with Gasteiger partial charge in [0.2, 0.25) is 5.65 Å². The van der Waals surface area contributed by atoms with Crippen molar-refractivity contribution in [3.8, 4) is 0 Å². The van der Waals surface area contributed by atoms with Gasteiger partial charge in [0.25, 0.3) is 0 Å². The van der Waals surface area contributed by atoms with Gasteiger partial charge in [-0.05, 0) is 23.3 Å². The van der Waals surface area contributed by atoms with Crippen LogP contribution < -0.4 is 11.4 Å². The monoisotopic (exact) mass is 369 g/mol. The van der Waals surface area contributed by atoms with Crippen LogP contribution in [0.5, 0.6) is 0 Å². The predicted molar refractivity (Wildman–Crippen MR) is 99.2 cm³/mol. The first kappa shape index (κ1) is 16.4. The summed E-state index contributed by atoms with van der Waals surface area (Å²) in [5, 5.41) is 4.32. The van der Waals surface area contributed by atoms with Crippen molar-refractivity contribution in [3.63, 3.8) is 0 Å². The van der Waals surface area contributed by atoms with Gasteiger partial charge in [-0.1, -0.05) is 36.4 Å². The molecule has 9 heteroatoms. The maximum atomic E-state index is 12.9. The van der Waals surface area contributed by atoms with E-state index in [9.17, 15) is 13.6 Å². The van der Waals surface area contributed by atoms with Gasteiger partial charge in [-0.3, -0.25) is 0 Å². The number of aromatic nitrogens is 4. The molecule has 0 radical (unpaired) electrons. The molecule has 2 aromatic heterocycles. The lowest BCUT2D eigenvalue weighted by Gasteiger charge is -2.06. The Morgan fingerprint density at radius 1 is 1.08 bits per heavy atom. The zero-order chi connectivity index (χ0) is 18.3. The number of nitrogens with zero attached hydrogens (tertiary/aromatic N) is 4. The SMILES string of the molecule is Nc1nc2ccccc2n2c(=O)n(Cc3ccccc3CS(=O)O)nc12. The number of nitrogens with two attached hydrogens (primary N) is 1. The fourth-order valence-corrected chi connectivity index (χ4v) is 3.52. The summed E-state index contributed by atoms with van der Waals surface area (Å²) in [5.41, 5.74) is 8.58. The fraction of sp³-hybridized carbons (Fsp3) is 0.118. The number of nitrogen functional groups attached to an aromatic ring is 1. The van der Waals surface area contributed by atoms with Crippen molar-refractivity contribution >= 4 is 33.6 Å². The van der Waals surface area contributed by atoms with Gasteiger partial charge in [-0.2, -0.15) is 0 Å². The minimum Gasteiger partial charge on any atom is -0.381 e. The van der Waals surface area contributed by atoms with Gasteiger partial charge in [0, 0.05) is 0 Å². The Hall–Kier alpha value is -3.04. The summed E-state index contributed by atoms with van der Waals surface area (Å²) < 4.78 is 23.1. The van der Waals surface area contributed by atoms with Crippen molar-refractivity contribution in [2.45, 2.75) is 12.3 Å². The standard InChI is InChI=1S/C17H15N5O3S/c18-15-16-20-21(9-11-5-1-2-6-12(11)10-26(24)25)17(23)22(16)14-8-4-3-7-13(14)19-15/h1-8H,9-10H2,(H2,18,19)(H,24,25). The molecule has 1 atom stereocenters. The first-order chi connectivity index (χ1) is 12.5. The summed E-state index contributed by atoms with van der Waals surface area (Å²) in [4.78, 5) is 17.2. The summed E-state index contributed by atoms with van der Waals surface area (Å²) >= 11 is -1.97. The number of hydrogen-bond acceptors (Lipinski definition) is 5. The van der Waals surface area contributed by atoms with Crippen molar-refractivity contribution in [1.82, 2.24) is 19.2 Å². The molecule has 0 spiro atoms. The molecule has 0 aliphatic carbocycles. The van der Waals surface area contributed by atoms with Crippen LogP contribution >= 0.6 is 0 Å². The summed E-state index contributed by atoms with van der Waals surface area (Å²) in [5.74, 6) is 0.162. The van der Waals surface area contributed by atoms with Crippen LogP contribution in [0.2, 0.25) is 0 Å². The van der Waals surface area contributed by atoms with Gasteiger partial charge >= 0.3 is 5.69 Å². The first-order valence-electron chi connectivity index (χ1n) is 7.82. The quantitative estimate of drug-likeness (QED) is 0.525. The number of fused-ring (bicyclic) bond motifs is 3. The number of rotatable bonds is 4. The third kappa shape index (κ3) is 2.76. The van der Waals surface area contributed by atoms with Crippen LogP contribution in [0.25, 0.3) is 16.7 Å². The summed E-state index contributed by atoms with van der Waals surface area (Å²) in [6.45, 7) is 0.168. The highest BCUT2D eigenvalue weighted by atomic mass is 32.2. The van der Waals surface area contributed by atoms with Crippen molar-refractivity contribution in [3.05, 3.63) is 70.1 Å². The predicted octanol–water partition coefficient (Wildman–Crippen LogP) is 1.40. The minimum atomic E-state index is -1.97. The Kier molecular flexibility index (Phi) is 4.02. The zero-order valence-corrected chi connectivity index (χ0v) is 14.4. The van der Waals surface area contributed by atoms with Crippen molar-refractivity contribution in [2.75, 3.05) is 5.73 Å². The lowest BCUT2D eigenvalue weighted by atomic mass is 10.1. The van der Waals surface area contributed by atoms with Gasteiger partial charge in [0.05, 0.1) is 23.3 Å². The van der Waals surface area contributed by atoms with Crippen LogP contribution in [0.15, 0.2) is 53.3 Å². The Morgan fingerprint density at radius 2 is 1.77 bits per heavy atom. The molecule has 0 saturated carbocycles. The third-order valence-electron chi connectivity index (χ3n) is 4.15. The average Bonchev–Trinajstić information content (AvgIpc) is 2.94. The fourth-order valence-electron chi connectivity index (χ4n) is 2.97. The van der Waals surface area contributed by atoms with Gasteiger partial charge in [0.1, 0.15) is 0 Å². The number of benzene rings is 2. The number of anilines is 1. The summed E-state index contributed by atoms with van der Waals surface area (Å²) in [6.07, 6.45) is 0. The van der Waals surface area contributed by atoms with E-state index in [-0.39, 0.29) is 29.5 Å². The van der Waals surface area contributed by atoms with E-state index in [0.717, 1.165) is 5.56 Å². The maximum Gasteiger partial charge on any atom is 0.351 e. The number of hydrogen-bond donors (Lipinski definition) is 2. The zero-order valence-electron chi connectivity index (χ0n) is 13.6. The summed E-state index contributed by atoms with van der Waals surface area (Å²) in [6, 6.07) is 14.4. The van der Waals surface area contributed by atoms with E-state index < -0.39 is 11.1 Å². The molecule has 26 heavy (non-hydrogen) atoms. The molecule has 1 unspecified atom stereocenters. The summed E-state index contributed by atoms with van der Waals surface area (Å²) in [7, 11) is 0. The van der Waals surface area contributed by atoms with Gasteiger partial charge in [-0.15, -0.1) is 5.10 Å². The van der Waals surface area contributed by atoms with Crippen LogP contribution in [0.3, 0.4) is 0 Å². The Bertz CT molecular complexity index is 1210. The van der Waals surface area contributed by atoms with Crippen LogP contribution in [0.4, 0.5) is 5.82 Å². The average molecular weight is 369 g/mol. The largest absolute Gasteiger partial charge is 0.381 e. The Labute approximate surface area is 150 Å². The van der Waals surface area contributed by atoms with Gasteiger partial charge < -0.3 is 10.3 Å². The van der Waals surface area contributed by atoms with Gasteiger partial charge in [0.15, 0.2) is 16.9 Å². The second-order valence-electron chi connectivity index (χ2n) is 5.82. The second-order valence-corrected chi connectivity index (χ2v) is 6.75. The smallest absolute Gasteiger partial charge is 0.351 e. The van der Waals surface area contributed by atoms with E-state index in [4.69, 9.17) is 5.73 Å². The van der Waals surface area contributed by atoms with Crippen molar-refractivity contribution in [2.24, 2.45) is 0 Å². The molecule has 2 aromatic carbocycles. The van der Waals surface area contributed by atoms with Crippen LogP contribution in [-0.4, -0.2) is 27.9 Å². The molecular formula is C17H15N5O3S. The first-order valence-corrected chi connectivity index (χ1v) is 9.10. The number of para-hydroxylation sites is 2. The van der Waals surface area contributed by atoms with Crippen molar-refractivity contribution < 1.29 is 8.76 Å². The van der Waals surface area contributed by atoms with E-state index >= 15 is 0 Å². The molecule has 2 heterocycles. The lowest BCUT2D eigenvalue weighted by molar-refractivity contribution is 0.563. The molecule has 0 amide bonds. The highest BCUT2D eigenvalue weighted by Gasteiger charge is 2.15. The topological polar surface area (TPSA) is 116 Å². The molecule has 0 fully saturated rings. The highest BCUT2D eigenvalue weighted by Crippen LogP contribution is 2.17.